The number of thioether (sulfide) groups is 1. The Morgan fingerprint density at radius 2 is 1.81 bits per heavy atom. The number of anilines is 1. The van der Waals surface area contributed by atoms with Crippen LogP contribution in [0.4, 0.5) is 5.69 Å². The number of nitrogens with one attached hydrogen (secondary N) is 1. The molecule has 0 aromatic heterocycles. The summed E-state index contributed by atoms with van der Waals surface area (Å²) in [6.07, 6.45) is 6.08. The van der Waals surface area contributed by atoms with E-state index in [0.29, 0.717) is 21.4 Å². The molecule has 1 saturated carbocycles. The fourth-order valence-corrected chi connectivity index (χ4v) is 5.24. The molecule has 1 aromatic rings. The van der Waals surface area contributed by atoms with Gasteiger partial charge in [-0.3, -0.25) is 0 Å². The average molecular weight is 329 g/mol. The van der Waals surface area contributed by atoms with Gasteiger partial charge in [0.05, 0.1) is 4.90 Å². The third-order valence-corrected chi connectivity index (χ3v) is 6.95. The van der Waals surface area contributed by atoms with Gasteiger partial charge in [-0.25, -0.2) is 13.1 Å². The second kappa shape index (κ2) is 6.58. The molecular formula is C15H24N2O2S2. The van der Waals surface area contributed by atoms with Crippen molar-refractivity contribution < 1.29 is 8.42 Å². The fourth-order valence-electron chi connectivity index (χ4n) is 2.83. The van der Waals surface area contributed by atoms with Crippen LogP contribution in [0.2, 0.25) is 0 Å². The van der Waals surface area contributed by atoms with E-state index in [0.717, 1.165) is 31.2 Å². The van der Waals surface area contributed by atoms with Gasteiger partial charge in [0.2, 0.25) is 10.0 Å². The lowest BCUT2D eigenvalue weighted by atomic mass is 9.96. The van der Waals surface area contributed by atoms with Crippen molar-refractivity contribution in [1.82, 2.24) is 4.72 Å². The van der Waals surface area contributed by atoms with Crippen molar-refractivity contribution in [3.05, 3.63) is 23.3 Å². The van der Waals surface area contributed by atoms with Crippen molar-refractivity contribution in [2.45, 2.75) is 55.7 Å². The van der Waals surface area contributed by atoms with Gasteiger partial charge in [-0.2, -0.15) is 11.8 Å². The number of aryl methyl sites for hydroxylation is 1. The fraction of sp³-hybridized carbons (Fsp3) is 0.600. The summed E-state index contributed by atoms with van der Waals surface area (Å²) < 4.78 is 28.1. The Kier molecular flexibility index (Phi) is 5.22. The minimum Gasteiger partial charge on any atom is -0.398 e. The normalized spacial score (nSPS) is 23.2. The number of nitrogens with two attached hydrogens (primary N) is 1. The quantitative estimate of drug-likeness (QED) is 0.834. The van der Waals surface area contributed by atoms with Gasteiger partial charge in [-0.15, -0.1) is 0 Å². The standard InChI is InChI=1S/C15H24N2O2S2/c1-10-8-14(16)11(2)15(9-10)21(18,19)17-12-4-6-13(20-3)7-5-12/h8-9,12-13,17H,4-7,16H2,1-3H3. The maximum Gasteiger partial charge on any atom is 0.241 e. The molecule has 6 heteroatoms. The number of benzene rings is 1. The molecule has 0 bridgehead atoms. The SMILES string of the molecule is CSC1CCC(NS(=O)(=O)c2cc(C)cc(N)c2C)CC1. The lowest BCUT2D eigenvalue weighted by Gasteiger charge is -2.28. The molecule has 0 atom stereocenters. The van der Waals surface area contributed by atoms with E-state index in [1.165, 1.54) is 0 Å². The Labute approximate surface area is 131 Å². The maximum absolute atomic E-state index is 12.6. The molecule has 0 spiro atoms. The van der Waals surface area contributed by atoms with E-state index >= 15 is 0 Å². The lowest BCUT2D eigenvalue weighted by molar-refractivity contribution is 0.420. The smallest absolute Gasteiger partial charge is 0.241 e. The first-order valence-electron chi connectivity index (χ1n) is 7.25. The molecule has 1 aromatic carbocycles. The van der Waals surface area contributed by atoms with E-state index < -0.39 is 10.0 Å². The third kappa shape index (κ3) is 3.93. The Morgan fingerprint density at radius 1 is 1.19 bits per heavy atom. The molecule has 1 aliphatic rings. The topological polar surface area (TPSA) is 72.2 Å². The van der Waals surface area contributed by atoms with Crippen molar-refractivity contribution in [3.8, 4) is 0 Å². The maximum atomic E-state index is 12.6. The molecule has 0 unspecified atom stereocenters. The van der Waals surface area contributed by atoms with E-state index in [-0.39, 0.29) is 6.04 Å². The van der Waals surface area contributed by atoms with Crippen LogP contribution in [0.1, 0.15) is 36.8 Å². The molecule has 0 heterocycles. The molecule has 0 radical (unpaired) electrons. The van der Waals surface area contributed by atoms with Crippen LogP contribution in [0.3, 0.4) is 0 Å². The zero-order chi connectivity index (χ0) is 15.6. The van der Waals surface area contributed by atoms with Crippen LogP contribution in [0.25, 0.3) is 0 Å². The second-order valence-electron chi connectivity index (χ2n) is 5.81. The molecule has 1 aliphatic carbocycles. The number of sulfonamides is 1. The molecule has 4 nitrogen and oxygen atoms in total. The van der Waals surface area contributed by atoms with Gasteiger partial charge < -0.3 is 5.73 Å². The predicted molar refractivity (Wildman–Crippen MR) is 90.2 cm³/mol. The van der Waals surface area contributed by atoms with Gasteiger partial charge in [0.25, 0.3) is 0 Å². The van der Waals surface area contributed by atoms with Crippen LogP contribution in [0.15, 0.2) is 17.0 Å². The predicted octanol–water partition coefficient (Wildman–Crippen LogP) is 2.84. The number of hydrogen-bond acceptors (Lipinski definition) is 4. The monoisotopic (exact) mass is 328 g/mol. The Balaban J connectivity index is 2.16. The van der Waals surface area contributed by atoms with Crippen LogP contribution >= 0.6 is 11.8 Å². The first-order chi connectivity index (χ1) is 9.83. The van der Waals surface area contributed by atoms with Crippen molar-refractivity contribution >= 4 is 27.5 Å². The minimum absolute atomic E-state index is 0.0412. The average Bonchev–Trinajstić information content (AvgIpc) is 2.43. The van der Waals surface area contributed by atoms with Crippen LogP contribution in [-0.2, 0) is 10.0 Å². The van der Waals surface area contributed by atoms with Crippen molar-refractivity contribution in [2.75, 3.05) is 12.0 Å². The highest BCUT2D eigenvalue weighted by Gasteiger charge is 2.26. The molecule has 2 rings (SSSR count). The largest absolute Gasteiger partial charge is 0.398 e. The second-order valence-corrected chi connectivity index (χ2v) is 8.63. The van der Waals surface area contributed by atoms with Gasteiger partial charge >= 0.3 is 0 Å². The summed E-state index contributed by atoms with van der Waals surface area (Å²) in [5.74, 6) is 0. The van der Waals surface area contributed by atoms with Gasteiger partial charge in [-0.1, -0.05) is 0 Å². The zero-order valence-corrected chi connectivity index (χ0v) is 14.5. The minimum atomic E-state index is -3.50. The number of hydrogen-bond donors (Lipinski definition) is 2. The van der Waals surface area contributed by atoms with Crippen molar-refractivity contribution in [1.29, 1.82) is 0 Å². The van der Waals surface area contributed by atoms with Gasteiger partial charge in [0.15, 0.2) is 0 Å². The van der Waals surface area contributed by atoms with Gasteiger partial charge in [0, 0.05) is 17.0 Å². The highest BCUT2D eigenvalue weighted by Crippen LogP contribution is 2.29. The van der Waals surface area contributed by atoms with Crippen LogP contribution < -0.4 is 10.5 Å². The van der Waals surface area contributed by atoms with E-state index in [1.807, 2.05) is 18.7 Å². The molecular weight excluding hydrogens is 304 g/mol. The Hall–Kier alpha value is -0.720. The first kappa shape index (κ1) is 16.6. The summed E-state index contributed by atoms with van der Waals surface area (Å²) in [7, 11) is -3.50. The summed E-state index contributed by atoms with van der Waals surface area (Å²) >= 11 is 1.87. The van der Waals surface area contributed by atoms with Crippen LogP contribution in [0, 0.1) is 13.8 Å². The summed E-state index contributed by atoms with van der Waals surface area (Å²) in [5.41, 5.74) is 7.92. The molecule has 1 fully saturated rings. The molecule has 0 saturated heterocycles. The molecule has 21 heavy (non-hydrogen) atoms. The highest BCUT2D eigenvalue weighted by molar-refractivity contribution is 7.99. The lowest BCUT2D eigenvalue weighted by Crippen LogP contribution is -2.38. The number of nitrogen functional groups attached to an aromatic ring is 1. The highest BCUT2D eigenvalue weighted by atomic mass is 32.2. The van der Waals surface area contributed by atoms with E-state index in [4.69, 9.17) is 5.73 Å². The molecule has 0 amide bonds. The Bertz CT molecular complexity index is 606. The molecule has 3 N–H and O–H groups in total. The van der Waals surface area contributed by atoms with Gasteiger partial charge in [0.1, 0.15) is 0 Å². The summed E-state index contributed by atoms with van der Waals surface area (Å²) in [6.45, 7) is 3.62. The van der Waals surface area contributed by atoms with Crippen molar-refractivity contribution in [3.63, 3.8) is 0 Å². The molecule has 0 aliphatic heterocycles. The van der Waals surface area contributed by atoms with Crippen molar-refractivity contribution in [2.24, 2.45) is 0 Å². The van der Waals surface area contributed by atoms with Crippen LogP contribution in [-0.4, -0.2) is 26.0 Å². The first-order valence-corrected chi connectivity index (χ1v) is 10.0. The molecule has 118 valence electrons. The van der Waals surface area contributed by atoms with Crippen LogP contribution in [0.5, 0.6) is 0 Å². The van der Waals surface area contributed by atoms with E-state index in [9.17, 15) is 8.42 Å². The number of rotatable bonds is 4. The van der Waals surface area contributed by atoms with E-state index in [2.05, 4.69) is 11.0 Å². The van der Waals surface area contributed by atoms with E-state index in [1.54, 1.807) is 19.1 Å². The van der Waals surface area contributed by atoms with Gasteiger partial charge in [-0.05, 0) is 69.0 Å². The summed E-state index contributed by atoms with van der Waals surface area (Å²) in [6, 6.07) is 3.54. The Morgan fingerprint density at radius 3 is 2.38 bits per heavy atom. The third-order valence-electron chi connectivity index (χ3n) is 4.16. The summed E-state index contributed by atoms with van der Waals surface area (Å²) in [5, 5.41) is 0.669. The zero-order valence-electron chi connectivity index (χ0n) is 12.8. The summed E-state index contributed by atoms with van der Waals surface area (Å²) in [4.78, 5) is 0.312.